The highest BCUT2D eigenvalue weighted by atomic mass is 14.9. The third-order valence-electron chi connectivity index (χ3n) is 3.11. The van der Waals surface area contributed by atoms with Gasteiger partial charge in [0.1, 0.15) is 11.0 Å². The zero-order chi connectivity index (χ0) is 11.9. The summed E-state index contributed by atoms with van der Waals surface area (Å²) in [6.45, 7) is 0.827. The molecule has 0 fully saturated rings. The Kier molecular flexibility index (Phi) is 1.85. The van der Waals surface area contributed by atoms with E-state index in [2.05, 4.69) is 38.5 Å². The van der Waals surface area contributed by atoms with Gasteiger partial charge in [-0.1, -0.05) is 18.2 Å². The number of hydrogen-bond donors (Lipinski definition) is 1. The van der Waals surface area contributed by atoms with Gasteiger partial charge in [-0.3, -0.25) is 0 Å². The average molecular weight is 234 g/mol. The third-order valence-corrected chi connectivity index (χ3v) is 3.11. The van der Waals surface area contributed by atoms with Crippen LogP contribution in [0.3, 0.4) is 0 Å². The van der Waals surface area contributed by atoms with Crippen molar-refractivity contribution in [1.29, 1.82) is 0 Å². The van der Waals surface area contributed by atoms with Gasteiger partial charge in [-0.05, 0) is 23.8 Å². The molecule has 0 aliphatic carbocycles. The number of aromatic nitrogens is 3. The van der Waals surface area contributed by atoms with Crippen LogP contribution < -0.4 is 5.32 Å². The van der Waals surface area contributed by atoms with Crippen molar-refractivity contribution in [3.63, 3.8) is 0 Å². The molecule has 1 aliphatic rings. The number of anilines is 1. The van der Waals surface area contributed by atoms with E-state index in [9.17, 15) is 0 Å². The summed E-state index contributed by atoms with van der Waals surface area (Å²) in [5.74, 6) is 0. The Morgan fingerprint density at radius 3 is 3.06 bits per heavy atom. The Morgan fingerprint density at radius 1 is 1.06 bits per heavy atom. The molecule has 1 N–H and O–H groups in total. The van der Waals surface area contributed by atoms with Gasteiger partial charge in [0.25, 0.3) is 0 Å². The monoisotopic (exact) mass is 234 g/mol. The van der Waals surface area contributed by atoms with E-state index in [1.165, 1.54) is 0 Å². The van der Waals surface area contributed by atoms with Gasteiger partial charge < -0.3 is 5.32 Å². The molecule has 3 heterocycles. The average Bonchev–Trinajstić information content (AvgIpc) is 2.45. The highest BCUT2D eigenvalue weighted by molar-refractivity contribution is 5.97. The second kappa shape index (κ2) is 3.50. The first-order valence-corrected chi connectivity index (χ1v) is 5.88. The maximum atomic E-state index is 4.62. The molecule has 1 aliphatic heterocycles. The van der Waals surface area contributed by atoms with Gasteiger partial charge in [0.2, 0.25) is 0 Å². The Bertz CT molecular complexity index is 792. The SMILES string of the molecule is C1=Cc2ccc3nc4cccnc4nc3c2NC1. The number of nitrogens with zero attached hydrogens (tertiary/aromatic N) is 3. The van der Waals surface area contributed by atoms with Crippen molar-refractivity contribution >= 4 is 34.0 Å². The highest BCUT2D eigenvalue weighted by Gasteiger charge is 2.11. The molecule has 0 spiro atoms. The minimum atomic E-state index is 0.690. The lowest BCUT2D eigenvalue weighted by atomic mass is 10.1. The second-order valence-corrected chi connectivity index (χ2v) is 4.25. The molecule has 0 atom stereocenters. The molecule has 86 valence electrons. The number of pyridine rings is 1. The topological polar surface area (TPSA) is 50.7 Å². The predicted molar refractivity (Wildman–Crippen MR) is 72.4 cm³/mol. The zero-order valence-corrected chi connectivity index (χ0v) is 9.59. The molecule has 1 aromatic carbocycles. The van der Waals surface area contributed by atoms with E-state index in [1.807, 2.05) is 18.2 Å². The summed E-state index contributed by atoms with van der Waals surface area (Å²) in [5.41, 5.74) is 5.51. The van der Waals surface area contributed by atoms with E-state index in [1.54, 1.807) is 6.20 Å². The normalized spacial score (nSPS) is 13.6. The summed E-state index contributed by atoms with van der Waals surface area (Å²) in [6, 6.07) is 7.88. The number of benzene rings is 1. The molecule has 0 amide bonds. The summed E-state index contributed by atoms with van der Waals surface area (Å²) in [4.78, 5) is 13.5. The predicted octanol–water partition coefficient (Wildman–Crippen LogP) is 2.62. The molecule has 3 aromatic rings. The van der Waals surface area contributed by atoms with Crippen LogP contribution in [-0.2, 0) is 0 Å². The van der Waals surface area contributed by atoms with Crippen molar-refractivity contribution in [3.05, 3.63) is 42.1 Å². The fourth-order valence-corrected chi connectivity index (χ4v) is 2.27. The number of hydrogen-bond acceptors (Lipinski definition) is 4. The van der Waals surface area contributed by atoms with Crippen LogP contribution >= 0.6 is 0 Å². The van der Waals surface area contributed by atoms with Gasteiger partial charge in [-0.15, -0.1) is 0 Å². The molecule has 0 saturated carbocycles. The first-order valence-electron chi connectivity index (χ1n) is 5.88. The molecule has 2 aromatic heterocycles. The van der Waals surface area contributed by atoms with E-state index in [0.29, 0.717) is 5.65 Å². The minimum Gasteiger partial charge on any atom is -0.379 e. The van der Waals surface area contributed by atoms with Crippen molar-refractivity contribution in [2.45, 2.75) is 0 Å². The summed E-state index contributed by atoms with van der Waals surface area (Å²) in [5, 5.41) is 3.35. The standard InChI is InChI=1S/C14H10N4/c1-3-9-5-6-10-13(12(9)15-7-1)18-14-11(17-10)4-2-8-16-14/h1-6,8,15H,7H2. The quantitative estimate of drug-likeness (QED) is 0.607. The van der Waals surface area contributed by atoms with Gasteiger partial charge in [0.05, 0.1) is 11.2 Å². The molecule has 18 heavy (non-hydrogen) atoms. The molecule has 0 saturated heterocycles. The van der Waals surface area contributed by atoms with Crippen molar-refractivity contribution in [2.75, 3.05) is 11.9 Å². The lowest BCUT2D eigenvalue weighted by molar-refractivity contribution is 1.26. The molecule has 0 radical (unpaired) electrons. The van der Waals surface area contributed by atoms with Crippen LogP contribution in [0.2, 0.25) is 0 Å². The fourth-order valence-electron chi connectivity index (χ4n) is 2.27. The molecule has 0 bridgehead atoms. The van der Waals surface area contributed by atoms with Crippen LogP contribution in [0.1, 0.15) is 5.56 Å². The van der Waals surface area contributed by atoms with Crippen LogP contribution in [0.5, 0.6) is 0 Å². The highest BCUT2D eigenvalue weighted by Crippen LogP contribution is 2.29. The van der Waals surface area contributed by atoms with Crippen molar-refractivity contribution in [1.82, 2.24) is 15.0 Å². The van der Waals surface area contributed by atoms with Crippen molar-refractivity contribution in [3.8, 4) is 0 Å². The van der Waals surface area contributed by atoms with E-state index in [0.717, 1.165) is 34.3 Å². The van der Waals surface area contributed by atoms with Crippen molar-refractivity contribution < 1.29 is 0 Å². The zero-order valence-electron chi connectivity index (χ0n) is 9.59. The van der Waals surface area contributed by atoms with Gasteiger partial charge in [0, 0.05) is 12.7 Å². The van der Waals surface area contributed by atoms with Gasteiger partial charge in [0.15, 0.2) is 5.65 Å². The van der Waals surface area contributed by atoms with Crippen LogP contribution in [0.25, 0.3) is 28.3 Å². The molecule has 4 heteroatoms. The number of fused-ring (bicyclic) bond motifs is 4. The van der Waals surface area contributed by atoms with Crippen LogP contribution in [0.4, 0.5) is 5.69 Å². The van der Waals surface area contributed by atoms with E-state index in [4.69, 9.17) is 0 Å². The molecule has 4 rings (SSSR count). The Morgan fingerprint density at radius 2 is 2.06 bits per heavy atom. The molecule has 0 unspecified atom stereocenters. The Hall–Kier alpha value is -2.49. The van der Waals surface area contributed by atoms with Crippen molar-refractivity contribution in [2.24, 2.45) is 0 Å². The summed E-state index contributed by atoms with van der Waals surface area (Å²) < 4.78 is 0. The van der Waals surface area contributed by atoms with Crippen LogP contribution in [0.15, 0.2) is 36.5 Å². The van der Waals surface area contributed by atoms with Crippen LogP contribution in [-0.4, -0.2) is 21.5 Å². The summed E-state index contributed by atoms with van der Waals surface area (Å²) >= 11 is 0. The lowest BCUT2D eigenvalue weighted by Gasteiger charge is -2.14. The van der Waals surface area contributed by atoms with E-state index < -0.39 is 0 Å². The maximum absolute atomic E-state index is 4.62. The first kappa shape index (κ1) is 9.53. The van der Waals surface area contributed by atoms with Gasteiger partial charge in [-0.2, -0.15) is 0 Å². The van der Waals surface area contributed by atoms with E-state index in [-0.39, 0.29) is 0 Å². The number of nitrogens with one attached hydrogen (secondary N) is 1. The molecular formula is C14H10N4. The van der Waals surface area contributed by atoms with E-state index >= 15 is 0 Å². The Labute approximate surface area is 103 Å². The third kappa shape index (κ3) is 1.29. The number of rotatable bonds is 0. The maximum Gasteiger partial charge on any atom is 0.178 e. The second-order valence-electron chi connectivity index (χ2n) is 4.25. The van der Waals surface area contributed by atoms with Crippen LogP contribution in [0, 0.1) is 0 Å². The smallest absolute Gasteiger partial charge is 0.178 e. The fraction of sp³-hybridized carbons (Fsp3) is 0.0714. The van der Waals surface area contributed by atoms with Gasteiger partial charge >= 0.3 is 0 Å². The minimum absolute atomic E-state index is 0.690. The summed E-state index contributed by atoms with van der Waals surface area (Å²) in [7, 11) is 0. The van der Waals surface area contributed by atoms with Gasteiger partial charge in [-0.25, -0.2) is 15.0 Å². The summed E-state index contributed by atoms with van der Waals surface area (Å²) in [6.07, 6.45) is 5.95. The molecule has 4 nitrogen and oxygen atoms in total. The Balaban J connectivity index is 2.15. The largest absolute Gasteiger partial charge is 0.379 e. The first-order chi connectivity index (χ1) is 8.92. The molecular weight excluding hydrogens is 224 g/mol. The lowest BCUT2D eigenvalue weighted by Crippen LogP contribution is -2.06.